The molecular formula is C11H11ClN2O. The Morgan fingerprint density at radius 2 is 2.27 bits per heavy atom. The van der Waals surface area contributed by atoms with Gasteiger partial charge in [-0.05, 0) is 19.1 Å². The van der Waals surface area contributed by atoms with Crippen molar-refractivity contribution in [3.63, 3.8) is 0 Å². The van der Waals surface area contributed by atoms with Crippen LogP contribution >= 0.6 is 11.6 Å². The normalized spacial score (nSPS) is 19.2. The first kappa shape index (κ1) is 11.5. The van der Waals surface area contributed by atoms with E-state index in [4.69, 9.17) is 17.3 Å². The fourth-order valence-electron chi connectivity index (χ4n) is 1.05. The van der Waals surface area contributed by atoms with Gasteiger partial charge in [-0.3, -0.25) is 4.79 Å². The lowest BCUT2D eigenvalue weighted by atomic mass is 10.0. The van der Waals surface area contributed by atoms with Crippen LogP contribution in [0.2, 0.25) is 0 Å². The summed E-state index contributed by atoms with van der Waals surface area (Å²) in [5, 5.41) is 0.00520. The van der Waals surface area contributed by atoms with Gasteiger partial charge in [0.2, 0.25) is 5.78 Å². The zero-order chi connectivity index (χ0) is 11.6. The third-order valence-electron chi connectivity index (χ3n) is 1.92. The Bertz CT molecular complexity index is 442. The molecule has 0 saturated heterocycles. The van der Waals surface area contributed by atoms with Crippen LogP contribution in [0.1, 0.15) is 6.92 Å². The van der Waals surface area contributed by atoms with E-state index in [1.54, 1.807) is 13.0 Å². The number of nitrogens with two attached hydrogens (primary N) is 1. The number of ketones is 1. The Balaban J connectivity index is 3.23. The summed E-state index contributed by atoms with van der Waals surface area (Å²) in [4.78, 5) is 15.5. The summed E-state index contributed by atoms with van der Waals surface area (Å²) in [7, 11) is 0. The molecule has 1 rings (SSSR count). The fraction of sp³-hybridized carbons (Fsp3) is 0.0909. The maximum atomic E-state index is 11.4. The molecule has 1 aliphatic carbocycles. The molecule has 0 fully saturated rings. The van der Waals surface area contributed by atoms with Gasteiger partial charge in [0.05, 0.1) is 17.1 Å². The van der Waals surface area contributed by atoms with Crippen molar-refractivity contribution in [2.45, 2.75) is 6.92 Å². The Labute approximate surface area is 93.3 Å². The molecule has 15 heavy (non-hydrogen) atoms. The number of rotatable bonds is 2. The standard InChI is InChI=1S/C11H11ClN2O/c1-4-7(3)14-8-5-6(2)11(15)9(12)10(8)13/h4-5H,1,3,13H2,2H3. The van der Waals surface area contributed by atoms with Gasteiger partial charge in [-0.15, -0.1) is 0 Å². The van der Waals surface area contributed by atoms with Crippen molar-refractivity contribution in [1.82, 2.24) is 0 Å². The van der Waals surface area contributed by atoms with Gasteiger partial charge in [-0.25, -0.2) is 4.99 Å². The number of aliphatic imine (C=N–C) groups is 1. The van der Waals surface area contributed by atoms with Crippen LogP contribution in [0.5, 0.6) is 0 Å². The first-order valence-corrected chi connectivity index (χ1v) is 4.63. The SMILES string of the molecule is C=CC(=C)N=C1C=C(C)C(=O)C(Cl)=C1N. The van der Waals surface area contributed by atoms with Crippen molar-refractivity contribution < 1.29 is 4.79 Å². The van der Waals surface area contributed by atoms with E-state index < -0.39 is 0 Å². The van der Waals surface area contributed by atoms with Crippen molar-refractivity contribution in [3.05, 3.63) is 47.3 Å². The predicted molar refractivity (Wildman–Crippen MR) is 62.6 cm³/mol. The topological polar surface area (TPSA) is 55.5 Å². The van der Waals surface area contributed by atoms with Crippen LogP contribution in [0.25, 0.3) is 0 Å². The molecule has 0 spiro atoms. The van der Waals surface area contributed by atoms with Crippen LogP contribution in [0.15, 0.2) is 52.3 Å². The van der Waals surface area contributed by atoms with E-state index in [0.29, 0.717) is 17.0 Å². The molecule has 0 aromatic carbocycles. The summed E-state index contributed by atoms with van der Waals surface area (Å²) in [6.07, 6.45) is 3.08. The zero-order valence-corrected chi connectivity index (χ0v) is 9.14. The molecule has 1 aliphatic rings. The molecule has 0 aliphatic heterocycles. The lowest BCUT2D eigenvalue weighted by molar-refractivity contribution is -0.111. The third kappa shape index (κ3) is 2.25. The van der Waals surface area contributed by atoms with Crippen LogP contribution in [0.3, 0.4) is 0 Å². The summed E-state index contributed by atoms with van der Waals surface area (Å²) in [5.41, 5.74) is 7.25. The van der Waals surface area contributed by atoms with E-state index in [0.717, 1.165) is 0 Å². The first-order valence-electron chi connectivity index (χ1n) is 4.26. The highest BCUT2D eigenvalue weighted by molar-refractivity contribution is 6.49. The highest BCUT2D eigenvalue weighted by Gasteiger charge is 2.21. The number of halogens is 1. The summed E-state index contributed by atoms with van der Waals surface area (Å²) < 4.78 is 0. The molecule has 0 saturated carbocycles. The number of Topliss-reactive ketones (excluding diaryl/α,β-unsaturated/α-hetero) is 1. The molecule has 78 valence electrons. The fourth-order valence-corrected chi connectivity index (χ4v) is 1.29. The molecule has 0 aromatic heterocycles. The quantitative estimate of drug-likeness (QED) is 0.574. The first-order chi connectivity index (χ1) is 6.97. The molecule has 0 amide bonds. The maximum Gasteiger partial charge on any atom is 0.202 e. The number of carbonyl (C=O) groups excluding carboxylic acids is 1. The van der Waals surface area contributed by atoms with Gasteiger partial charge >= 0.3 is 0 Å². The van der Waals surface area contributed by atoms with Crippen molar-refractivity contribution in [2.75, 3.05) is 0 Å². The van der Waals surface area contributed by atoms with Crippen LogP contribution in [0, 0.1) is 0 Å². The van der Waals surface area contributed by atoms with Gasteiger partial charge in [-0.1, -0.05) is 24.8 Å². The number of nitrogens with zero attached hydrogens (tertiary/aromatic N) is 1. The van der Waals surface area contributed by atoms with E-state index in [1.165, 1.54) is 6.08 Å². The van der Waals surface area contributed by atoms with E-state index in [-0.39, 0.29) is 16.5 Å². The Hall–Kier alpha value is -1.61. The van der Waals surface area contributed by atoms with E-state index in [9.17, 15) is 4.79 Å². The molecule has 0 heterocycles. The van der Waals surface area contributed by atoms with Crippen LogP contribution in [0.4, 0.5) is 0 Å². The molecule has 0 unspecified atom stereocenters. The molecule has 4 heteroatoms. The number of hydrogen-bond acceptors (Lipinski definition) is 3. The van der Waals surface area contributed by atoms with Gasteiger partial charge in [-0.2, -0.15) is 0 Å². The Morgan fingerprint density at radius 1 is 1.67 bits per heavy atom. The molecular weight excluding hydrogens is 212 g/mol. The number of carbonyl (C=O) groups is 1. The molecule has 0 bridgehead atoms. The van der Waals surface area contributed by atoms with Gasteiger partial charge in [0.1, 0.15) is 5.03 Å². The lowest BCUT2D eigenvalue weighted by Crippen LogP contribution is -2.21. The minimum Gasteiger partial charge on any atom is -0.396 e. The van der Waals surface area contributed by atoms with E-state index in [1.807, 2.05) is 0 Å². The Kier molecular flexibility index (Phi) is 3.27. The lowest BCUT2D eigenvalue weighted by Gasteiger charge is -2.12. The predicted octanol–water partition coefficient (Wildman–Crippen LogP) is 2.07. The van der Waals surface area contributed by atoms with Crippen molar-refractivity contribution in [2.24, 2.45) is 10.7 Å². The van der Waals surface area contributed by atoms with Crippen LogP contribution in [-0.2, 0) is 4.79 Å². The zero-order valence-electron chi connectivity index (χ0n) is 8.38. The number of hydrogen-bond donors (Lipinski definition) is 1. The molecule has 0 radical (unpaired) electrons. The molecule has 0 aromatic rings. The largest absolute Gasteiger partial charge is 0.396 e. The van der Waals surface area contributed by atoms with Crippen LogP contribution < -0.4 is 5.73 Å². The van der Waals surface area contributed by atoms with Crippen molar-refractivity contribution in [1.29, 1.82) is 0 Å². The maximum absolute atomic E-state index is 11.4. The van der Waals surface area contributed by atoms with E-state index >= 15 is 0 Å². The monoisotopic (exact) mass is 222 g/mol. The minimum absolute atomic E-state index is 0.00520. The highest BCUT2D eigenvalue weighted by atomic mass is 35.5. The second-order valence-corrected chi connectivity index (χ2v) is 3.45. The summed E-state index contributed by atoms with van der Waals surface area (Å²) in [5.74, 6) is -0.266. The van der Waals surface area contributed by atoms with Crippen molar-refractivity contribution >= 4 is 23.1 Å². The smallest absolute Gasteiger partial charge is 0.202 e. The number of allylic oxidation sites excluding steroid dienone is 4. The molecule has 2 N–H and O–H groups in total. The second kappa shape index (κ2) is 4.28. The van der Waals surface area contributed by atoms with Gasteiger partial charge in [0.25, 0.3) is 0 Å². The summed E-state index contributed by atoms with van der Waals surface area (Å²) >= 11 is 5.76. The molecule has 3 nitrogen and oxygen atoms in total. The molecule has 0 atom stereocenters. The Morgan fingerprint density at radius 3 is 2.80 bits per heavy atom. The average Bonchev–Trinajstić information content (AvgIpc) is 2.22. The van der Waals surface area contributed by atoms with Gasteiger partial charge < -0.3 is 5.73 Å². The third-order valence-corrected chi connectivity index (χ3v) is 2.30. The van der Waals surface area contributed by atoms with Crippen LogP contribution in [-0.4, -0.2) is 11.5 Å². The highest BCUT2D eigenvalue weighted by Crippen LogP contribution is 2.20. The van der Waals surface area contributed by atoms with E-state index in [2.05, 4.69) is 18.2 Å². The summed E-state index contributed by atoms with van der Waals surface area (Å²) in [6, 6.07) is 0. The minimum atomic E-state index is -0.266. The average molecular weight is 223 g/mol. The van der Waals surface area contributed by atoms with Crippen molar-refractivity contribution in [3.8, 4) is 0 Å². The van der Waals surface area contributed by atoms with Gasteiger partial charge in [0, 0.05) is 5.57 Å². The second-order valence-electron chi connectivity index (χ2n) is 3.08. The van der Waals surface area contributed by atoms with Gasteiger partial charge in [0.15, 0.2) is 0 Å². The summed E-state index contributed by atoms with van der Waals surface area (Å²) in [6.45, 7) is 8.81.